The van der Waals surface area contributed by atoms with Crippen LogP contribution in [0.15, 0.2) is 77.5 Å². The quantitative estimate of drug-likeness (QED) is 0.339. The number of carbonyl (C=O) groups excluding carboxylic acids is 1. The topological polar surface area (TPSA) is 92.7 Å². The van der Waals surface area contributed by atoms with E-state index >= 15 is 0 Å². The molecule has 0 unspecified atom stereocenters. The first kappa shape index (κ1) is 25.0. The molecule has 0 saturated heterocycles. The van der Waals surface area contributed by atoms with Crippen molar-refractivity contribution in [3.63, 3.8) is 0 Å². The maximum Gasteiger partial charge on any atom is 1.00 e. The van der Waals surface area contributed by atoms with Crippen molar-refractivity contribution in [2.45, 2.75) is 26.9 Å². The van der Waals surface area contributed by atoms with Crippen molar-refractivity contribution in [1.29, 1.82) is 0 Å². The first-order valence-corrected chi connectivity index (χ1v) is 11.6. The zero-order valence-electron chi connectivity index (χ0n) is 21.0. The number of nitrogens with zero attached hydrogens (tertiary/aromatic N) is 3. The summed E-state index contributed by atoms with van der Waals surface area (Å²) in [5.41, 5.74) is 5.30. The predicted octanol–water partition coefficient (Wildman–Crippen LogP) is 2.42. The normalized spacial score (nSPS) is 12.1. The van der Waals surface area contributed by atoms with Crippen molar-refractivity contribution < 1.29 is 48.6 Å². The Balaban J connectivity index is 0.00000280. The first-order chi connectivity index (χ1) is 17.4. The second kappa shape index (κ2) is 9.67. The number of benzene rings is 2. The van der Waals surface area contributed by atoms with Gasteiger partial charge < -0.3 is 19.1 Å². The average molecular weight is 500 g/mol. The van der Waals surface area contributed by atoms with Gasteiger partial charge in [-0.2, -0.15) is 5.10 Å². The van der Waals surface area contributed by atoms with Crippen molar-refractivity contribution >= 4 is 33.4 Å². The SMILES string of the molecule is Cc1c(-c2cc(C(=O)[O-])c3c(O[C@@H](C)c4ccn5nccc5c4)ccc(C)c3n2)oc2ccccc12.[Na+]. The van der Waals surface area contributed by atoms with E-state index in [1.165, 1.54) is 6.07 Å². The van der Waals surface area contributed by atoms with Crippen LogP contribution in [0, 0.1) is 13.8 Å². The van der Waals surface area contributed by atoms with Crippen molar-refractivity contribution in [2.75, 3.05) is 0 Å². The molecule has 6 aromatic rings. The minimum absolute atomic E-state index is 0. The van der Waals surface area contributed by atoms with Gasteiger partial charge in [-0.1, -0.05) is 24.3 Å². The van der Waals surface area contributed by atoms with Gasteiger partial charge >= 0.3 is 29.6 Å². The van der Waals surface area contributed by atoms with Crippen LogP contribution in [0.3, 0.4) is 0 Å². The third kappa shape index (κ3) is 4.29. The summed E-state index contributed by atoms with van der Waals surface area (Å²) in [4.78, 5) is 17.2. The van der Waals surface area contributed by atoms with Crippen molar-refractivity contribution in [3.8, 4) is 17.2 Å². The zero-order valence-corrected chi connectivity index (χ0v) is 23.0. The van der Waals surface area contributed by atoms with Crippen molar-refractivity contribution in [3.05, 3.63) is 95.3 Å². The summed E-state index contributed by atoms with van der Waals surface area (Å²) >= 11 is 0. The number of furan rings is 1. The van der Waals surface area contributed by atoms with Crippen LogP contribution in [0.2, 0.25) is 0 Å². The van der Waals surface area contributed by atoms with Crippen LogP contribution in [0.25, 0.3) is 38.8 Å². The second-order valence-electron chi connectivity index (χ2n) is 8.92. The van der Waals surface area contributed by atoms with E-state index < -0.39 is 5.97 Å². The first-order valence-electron chi connectivity index (χ1n) is 11.6. The maximum atomic E-state index is 12.4. The molecule has 0 fully saturated rings. The number of carboxylic acid groups (broad SMARTS) is 1. The summed E-state index contributed by atoms with van der Waals surface area (Å²) in [7, 11) is 0. The van der Waals surface area contributed by atoms with Crippen LogP contribution in [-0.4, -0.2) is 20.6 Å². The molecule has 0 amide bonds. The molecule has 0 radical (unpaired) electrons. The van der Waals surface area contributed by atoms with Gasteiger partial charge in [-0.05, 0) is 68.3 Å². The Morgan fingerprint density at radius 3 is 2.68 bits per heavy atom. The second-order valence-corrected chi connectivity index (χ2v) is 8.92. The number of carbonyl (C=O) groups is 1. The summed E-state index contributed by atoms with van der Waals surface area (Å²) in [6.07, 6.45) is 3.26. The van der Waals surface area contributed by atoms with Gasteiger partial charge in [-0.3, -0.25) is 0 Å². The maximum absolute atomic E-state index is 12.4. The molecule has 37 heavy (non-hydrogen) atoms. The molecule has 0 bridgehead atoms. The van der Waals surface area contributed by atoms with Gasteiger partial charge in [0.05, 0.1) is 22.4 Å². The van der Waals surface area contributed by atoms with Gasteiger partial charge in [0.1, 0.15) is 23.1 Å². The number of pyridine rings is 2. The number of hydrogen-bond donors (Lipinski definition) is 0. The van der Waals surface area contributed by atoms with E-state index in [4.69, 9.17) is 14.1 Å². The number of ether oxygens (including phenoxy) is 1. The van der Waals surface area contributed by atoms with Gasteiger partial charge in [0, 0.05) is 28.9 Å². The van der Waals surface area contributed by atoms with Gasteiger partial charge in [-0.25, -0.2) is 9.50 Å². The Kier molecular flexibility index (Phi) is 6.54. The van der Waals surface area contributed by atoms with Gasteiger partial charge in [0.15, 0.2) is 5.76 Å². The van der Waals surface area contributed by atoms with Crippen LogP contribution in [0.5, 0.6) is 5.75 Å². The summed E-state index contributed by atoms with van der Waals surface area (Å²) in [5.74, 6) is -0.342. The molecule has 178 valence electrons. The number of fused-ring (bicyclic) bond motifs is 3. The van der Waals surface area contributed by atoms with Gasteiger partial charge in [0.2, 0.25) is 0 Å². The molecular formula is C29H22N3NaO4. The number of para-hydroxylation sites is 1. The van der Waals surface area contributed by atoms with Crippen molar-refractivity contribution in [2.24, 2.45) is 0 Å². The molecule has 0 aliphatic heterocycles. The molecule has 0 aliphatic rings. The summed E-state index contributed by atoms with van der Waals surface area (Å²) in [5, 5.41) is 18.0. The van der Waals surface area contributed by atoms with Crippen LogP contribution in [0.1, 0.15) is 40.1 Å². The van der Waals surface area contributed by atoms with Gasteiger partial charge in [0.25, 0.3) is 0 Å². The van der Waals surface area contributed by atoms with Crippen LogP contribution in [0.4, 0.5) is 0 Å². The largest absolute Gasteiger partial charge is 1.00 e. The Labute approximate surface area is 235 Å². The van der Waals surface area contributed by atoms with E-state index in [0.29, 0.717) is 28.1 Å². The predicted molar refractivity (Wildman–Crippen MR) is 135 cm³/mol. The number of aromatic nitrogens is 3. The van der Waals surface area contributed by atoms with E-state index in [-0.39, 0.29) is 41.2 Å². The molecule has 0 saturated carbocycles. The number of hydrogen-bond acceptors (Lipinski definition) is 6. The number of carboxylic acids is 1. The average Bonchev–Trinajstić information content (AvgIpc) is 3.49. The van der Waals surface area contributed by atoms with E-state index in [9.17, 15) is 9.90 Å². The number of aromatic carboxylic acids is 1. The fourth-order valence-corrected chi connectivity index (χ4v) is 4.69. The smallest absolute Gasteiger partial charge is 0.545 e. The number of rotatable bonds is 5. The van der Waals surface area contributed by atoms with E-state index in [0.717, 1.165) is 33.2 Å². The van der Waals surface area contributed by atoms with Crippen LogP contribution >= 0.6 is 0 Å². The monoisotopic (exact) mass is 499 g/mol. The Hall–Kier alpha value is -3.65. The molecular weight excluding hydrogens is 477 g/mol. The molecule has 0 aliphatic carbocycles. The van der Waals surface area contributed by atoms with Crippen LogP contribution in [-0.2, 0) is 0 Å². The van der Waals surface area contributed by atoms with E-state index in [1.807, 2.05) is 75.5 Å². The minimum atomic E-state index is -1.30. The molecule has 1 atom stereocenters. The Morgan fingerprint density at radius 1 is 1.08 bits per heavy atom. The summed E-state index contributed by atoms with van der Waals surface area (Å²) in [6, 6.07) is 18.7. The molecule has 0 spiro atoms. The third-order valence-corrected chi connectivity index (χ3v) is 6.62. The van der Waals surface area contributed by atoms with E-state index in [1.54, 1.807) is 16.8 Å². The molecule has 4 aromatic heterocycles. The molecule has 0 N–H and O–H groups in total. The Bertz CT molecular complexity index is 1800. The molecule has 6 rings (SSSR count). The number of aryl methyl sites for hydroxylation is 2. The molecule has 2 aromatic carbocycles. The Morgan fingerprint density at radius 2 is 1.89 bits per heavy atom. The molecule has 7 nitrogen and oxygen atoms in total. The van der Waals surface area contributed by atoms with E-state index in [2.05, 4.69) is 5.10 Å². The summed E-state index contributed by atoms with van der Waals surface area (Å²) in [6.45, 7) is 5.76. The fraction of sp³-hybridized carbons (Fsp3) is 0.138. The fourth-order valence-electron chi connectivity index (χ4n) is 4.69. The summed E-state index contributed by atoms with van der Waals surface area (Å²) < 4.78 is 14.2. The molecule has 4 heterocycles. The molecule has 8 heteroatoms. The van der Waals surface area contributed by atoms with Gasteiger partial charge in [-0.15, -0.1) is 0 Å². The standard InChI is InChI=1S/C29H23N3O4.Na/c1-16-8-9-25(35-18(3)19-11-13-32-20(14-19)10-12-30-32)26-22(29(33)34)15-23(31-27(16)26)28-17(2)21-6-4-5-7-24(21)36-28;/h4-15,18H,1-3H3,(H,33,34);/q;+1/p-1/t18-;/m0./s1. The zero-order chi connectivity index (χ0) is 25.0. The van der Waals surface area contributed by atoms with Crippen LogP contribution < -0.4 is 39.4 Å². The minimum Gasteiger partial charge on any atom is -0.545 e. The third-order valence-electron chi connectivity index (χ3n) is 6.62. The van der Waals surface area contributed by atoms with Crippen molar-refractivity contribution in [1.82, 2.24) is 14.6 Å².